The molecule has 0 aliphatic heterocycles. The molecule has 0 radical (unpaired) electrons. The molecule has 6 aromatic rings. The van der Waals surface area contributed by atoms with E-state index in [1.165, 1.54) is 0 Å². The molecule has 34 heavy (non-hydrogen) atoms. The molecule has 0 atom stereocenters. The molecule has 6 nitrogen and oxygen atoms in total. The number of halogens is 2. The molecule has 0 N–H and O–H groups in total. The minimum Gasteiger partial charge on any atom is -0.304 e. The van der Waals surface area contributed by atoms with Crippen molar-refractivity contribution < 1.29 is 0 Å². The standard InChI is InChI=1S/C26H17Cl2N5O/c27-18-9-3-1-7-16(18)13-32-15-29-24-22(26(32)34)23-25(31-21-12-6-5-11-20(21)30-23)33(24)14-17-8-2-4-10-19(17)28/h1-12,15H,13-14H2. The van der Waals surface area contributed by atoms with Crippen LogP contribution in [-0.2, 0) is 13.1 Å². The Morgan fingerprint density at radius 1 is 0.706 bits per heavy atom. The zero-order valence-corrected chi connectivity index (χ0v) is 19.3. The molecule has 3 aromatic heterocycles. The van der Waals surface area contributed by atoms with Gasteiger partial charge in [0.15, 0.2) is 11.3 Å². The third kappa shape index (κ3) is 3.43. The maximum absolute atomic E-state index is 13.7. The molecule has 8 heteroatoms. The van der Waals surface area contributed by atoms with Crippen LogP contribution in [0.5, 0.6) is 0 Å². The van der Waals surface area contributed by atoms with Crippen LogP contribution in [0.25, 0.3) is 33.2 Å². The van der Waals surface area contributed by atoms with Crippen molar-refractivity contribution in [2.24, 2.45) is 0 Å². The van der Waals surface area contributed by atoms with E-state index in [1.807, 2.05) is 71.3 Å². The predicted molar refractivity (Wildman–Crippen MR) is 136 cm³/mol. The van der Waals surface area contributed by atoms with Gasteiger partial charge in [0.25, 0.3) is 5.56 Å². The molecule has 0 fully saturated rings. The van der Waals surface area contributed by atoms with E-state index < -0.39 is 0 Å². The Labute approximate surface area is 204 Å². The third-order valence-electron chi connectivity index (χ3n) is 5.90. The highest BCUT2D eigenvalue weighted by molar-refractivity contribution is 6.31. The number of benzene rings is 3. The van der Waals surface area contributed by atoms with Gasteiger partial charge >= 0.3 is 0 Å². The molecule has 0 bridgehead atoms. The van der Waals surface area contributed by atoms with Crippen molar-refractivity contribution in [1.29, 1.82) is 0 Å². The summed E-state index contributed by atoms with van der Waals surface area (Å²) in [5, 5.41) is 1.66. The molecule has 0 saturated heterocycles. The van der Waals surface area contributed by atoms with Crippen LogP contribution in [0.3, 0.4) is 0 Å². The first-order valence-corrected chi connectivity index (χ1v) is 11.5. The van der Waals surface area contributed by atoms with Crippen LogP contribution in [-0.4, -0.2) is 24.1 Å². The molecule has 0 aliphatic rings. The molecule has 0 aliphatic carbocycles. The first-order chi connectivity index (χ1) is 16.6. The molecule has 3 aromatic carbocycles. The van der Waals surface area contributed by atoms with Crippen molar-refractivity contribution in [1.82, 2.24) is 24.1 Å². The minimum atomic E-state index is -0.197. The Hall–Kier alpha value is -3.74. The first-order valence-electron chi connectivity index (χ1n) is 10.7. The van der Waals surface area contributed by atoms with Gasteiger partial charge in [-0.1, -0.05) is 71.7 Å². The fourth-order valence-electron chi connectivity index (χ4n) is 4.21. The van der Waals surface area contributed by atoms with E-state index in [0.717, 1.165) is 16.6 Å². The van der Waals surface area contributed by atoms with Gasteiger partial charge in [-0.05, 0) is 35.4 Å². The Morgan fingerprint density at radius 3 is 1.97 bits per heavy atom. The summed E-state index contributed by atoms with van der Waals surface area (Å²) in [5.41, 5.74) is 4.63. The van der Waals surface area contributed by atoms with Gasteiger partial charge in [0.05, 0.1) is 24.1 Å². The summed E-state index contributed by atoms with van der Waals surface area (Å²) in [5.74, 6) is 0. The number of para-hydroxylation sites is 2. The normalized spacial score (nSPS) is 11.6. The fourth-order valence-corrected chi connectivity index (χ4v) is 4.60. The number of fused-ring (bicyclic) bond motifs is 4. The summed E-state index contributed by atoms with van der Waals surface area (Å²) < 4.78 is 3.46. The number of aromatic nitrogens is 5. The Balaban J connectivity index is 1.63. The Kier molecular flexibility index (Phi) is 5.05. The lowest BCUT2D eigenvalue weighted by atomic mass is 10.2. The van der Waals surface area contributed by atoms with Gasteiger partial charge in [0, 0.05) is 10.0 Å². The monoisotopic (exact) mass is 485 g/mol. The van der Waals surface area contributed by atoms with Gasteiger partial charge < -0.3 is 4.57 Å². The van der Waals surface area contributed by atoms with Crippen LogP contribution >= 0.6 is 23.2 Å². The largest absolute Gasteiger partial charge is 0.304 e. The van der Waals surface area contributed by atoms with Gasteiger partial charge in [-0.2, -0.15) is 0 Å². The lowest BCUT2D eigenvalue weighted by molar-refractivity contribution is 0.742. The van der Waals surface area contributed by atoms with Crippen LogP contribution in [0.4, 0.5) is 0 Å². The molecule has 0 spiro atoms. The van der Waals surface area contributed by atoms with Crippen molar-refractivity contribution >= 4 is 56.4 Å². The second-order valence-electron chi connectivity index (χ2n) is 8.03. The number of nitrogens with zero attached hydrogens (tertiary/aromatic N) is 5. The van der Waals surface area contributed by atoms with Crippen LogP contribution in [0.1, 0.15) is 11.1 Å². The van der Waals surface area contributed by atoms with Gasteiger partial charge in [0.2, 0.25) is 0 Å². The van der Waals surface area contributed by atoms with E-state index in [9.17, 15) is 4.79 Å². The second kappa shape index (κ2) is 8.24. The first kappa shape index (κ1) is 20.8. The summed E-state index contributed by atoms with van der Waals surface area (Å²) in [4.78, 5) is 28.1. The highest BCUT2D eigenvalue weighted by atomic mass is 35.5. The van der Waals surface area contributed by atoms with E-state index >= 15 is 0 Å². The molecule has 0 amide bonds. The van der Waals surface area contributed by atoms with Crippen molar-refractivity contribution in [3.05, 3.63) is 111 Å². The van der Waals surface area contributed by atoms with E-state index in [4.69, 9.17) is 33.2 Å². The van der Waals surface area contributed by atoms with Crippen molar-refractivity contribution in [3.8, 4) is 0 Å². The van der Waals surface area contributed by atoms with E-state index in [0.29, 0.717) is 50.8 Å². The maximum Gasteiger partial charge on any atom is 0.265 e. The summed E-state index contributed by atoms with van der Waals surface area (Å²) in [6, 6.07) is 22.7. The SMILES string of the molecule is O=c1c2c3nc4ccccc4nc3n(Cc3ccccc3Cl)c2ncn1Cc1ccccc1Cl. The maximum atomic E-state index is 13.7. The zero-order chi connectivity index (χ0) is 23.2. The average Bonchev–Trinajstić information content (AvgIpc) is 3.15. The van der Waals surface area contributed by atoms with Crippen LogP contribution in [0, 0.1) is 0 Å². The Bertz CT molecular complexity index is 1770. The number of rotatable bonds is 4. The Morgan fingerprint density at radius 2 is 1.29 bits per heavy atom. The average molecular weight is 486 g/mol. The van der Waals surface area contributed by atoms with E-state index in [2.05, 4.69) is 4.98 Å². The van der Waals surface area contributed by atoms with Gasteiger partial charge in [-0.15, -0.1) is 0 Å². The van der Waals surface area contributed by atoms with Crippen LogP contribution in [0.2, 0.25) is 10.0 Å². The molecule has 0 unspecified atom stereocenters. The summed E-state index contributed by atoms with van der Waals surface area (Å²) >= 11 is 12.8. The molecule has 166 valence electrons. The molecular formula is C26H17Cl2N5O. The fraction of sp³-hybridized carbons (Fsp3) is 0.0769. The van der Waals surface area contributed by atoms with Crippen LogP contribution in [0.15, 0.2) is 83.9 Å². The molecule has 0 saturated carbocycles. The van der Waals surface area contributed by atoms with Gasteiger partial charge in [-0.25, -0.2) is 15.0 Å². The van der Waals surface area contributed by atoms with Crippen molar-refractivity contribution in [2.45, 2.75) is 13.1 Å². The lowest BCUT2D eigenvalue weighted by Gasteiger charge is -2.09. The van der Waals surface area contributed by atoms with Crippen LogP contribution < -0.4 is 5.56 Å². The lowest BCUT2D eigenvalue weighted by Crippen LogP contribution is -2.21. The number of hydrogen-bond donors (Lipinski definition) is 0. The van der Waals surface area contributed by atoms with Crippen molar-refractivity contribution in [3.63, 3.8) is 0 Å². The van der Waals surface area contributed by atoms with E-state index in [-0.39, 0.29) is 5.56 Å². The summed E-state index contributed by atoms with van der Waals surface area (Å²) in [6.45, 7) is 0.716. The summed E-state index contributed by atoms with van der Waals surface area (Å²) in [6.07, 6.45) is 1.55. The quantitative estimate of drug-likeness (QED) is 0.321. The second-order valence-corrected chi connectivity index (χ2v) is 8.84. The third-order valence-corrected chi connectivity index (χ3v) is 6.64. The smallest absolute Gasteiger partial charge is 0.265 e. The molecule has 3 heterocycles. The van der Waals surface area contributed by atoms with Gasteiger partial charge in [0.1, 0.15) is 17.2 Å². The predicted octanol–water partition coefficient (Wildman–Crippen LogP) is 5.70. The molecule has 6 rings (SSSR count). The summed E-state index contributed by atoms with van der Waals surface area (Å²) in [7, 11) is 0. The zero-order valence-electron chi connectivity index (χ0n) is 17.8. The van der Waals surface area contributed by atoms with Crippen molar-refractivity contribution in [2.75, 3.05) is 0 Å². The topological polar surface area (TPSA) is 65.6 Å². The molecular weight excluding hydrogens is 469 g/mol. The van der Waals surface area contributed by atoms with Gasteiger partial charge in [-0.3, -0.25) is 9.36 Å². The van der Waals surface area contributed by atoms with E-state index in [1.54, 1.807) is 17.0 Å². The highest BCUT2D eigenvalue weighted by Crippen LogP contribution is 2.27. The minimum absolute atomic E-state index is 0.197. The highest BCUT2D eigenvalue weighted by Gasteiger charge is 2.20. The number of hydrogen-bond acceptors (Lipinski definition) is 4.